The van der Waals surface area contributed by atoms with E-state index in [0.29, 0.717) is 22.8 Å². The molecule has 1 unspecified atom stereocenters. The van der Waals surface area contributed by atoms with Gasteiger partial charge in [0.2, 0.25) is 5.91 Å². The average molecular weight is 327 g/mol. The Hall–Kier alpha value is -1.67. The molecule has 1 aromatic carbocycles. The highest BCUT2D eigenvalue weighted by Gasteiger charge is 2.23. The molecule has 0 fully saturated rings. The lowest BCUT2D eigenvalue weighted by Crippen LogP contribution is -2.29. The third-order valence-corrected chi connectivity index (χ3v) is 6.34. The number of nitrogen functional groups attached to an aromatic ring is 1. The number of carbonyl (C=O) groups is 1. The van der Waals surface area contributed by atoms with Crippen LogP contribution in [0.3, 0.4) is 0 Å². The number of aromatic nitrogens is 1. The highest BCUT2D eigenvalue weighted by atomic mass is 32.2. The lowest BCUT2D eigenvalue weighted by Gasteiger charge is -2.09. The number of amides is 1. The number of nitrogens with one attached hydrogen (secondary N) is 1. The molecule has 0 saturated carbocycles. The van der Waals surface area contributed by atoms with Crippen LogP contribution in [0, 0.1) is 0 Å². The Kier molecular flexibility index (Phi) is 4.48. The lowest BCUT2D eigenvalue weighted by molar-refractivity contribution is -0.113. The first kappa shape index (κ1) is 15.7. The van der Waals surface area contributed by atoms with Gasteiger partial charge in [-0.3, -0.25) is 4.79 Å². The Bertz CT molecular complexity index is 768. The van der Waals surface area contributed by atoms with Gasteiger partial charge in [-0.25, -0.2) is 13.4 Å². The molecule has 114 valence electrons. The van der Waals surface area contributed by atoms with Crippen molar-refractivity contribution in [2.24, 2.45) is 0 Å². The van der Waals surface area contributed by atoms with E-state index in [1.807, 2.05) is 0 Å². The van der Waals surface area contributed by atoms with Gasteiger partial charge in [0, 0.05) is 5.69 Å². The molecule has 1 heterocycles. The summed E-state index contributed by atoms with van der Waals surface area (Å²) in [5.74, 6) is -1.09. The molecule has 0 aliphatic rings. The van der Waals surface area contributed by atoms with E-state index in [1.54, 1.807) is 32.0 Å². The van der Waals surface area contributed by atoms with Crippen molar-refractivity contribution in [2.45, 2.75) is 25.5 Å². The fraction of sp³-hybridized carbons (Fsp3) is 0.385. The number of carbonyl (C=O) groups excluding carboxylic acids is 1. The minimum atomic E-state index is -3.42. The van der Waals surface area contributed by atoms with Crippen molar-refractivity contribution in [2.75, 3.05) is 16.8 Å². The van der Waals surface area contributed by atoms with Gasteiger partial charge in [-0.05, 0) is 31.5 Å². The predicted molar refractivity (Wildman–Crippen MR) is 86.2 cm³/mol. The molecule has 0 saturated heterocycles. The second-order valence-electron chi connectivity index (χ2n) is 4.82. The van der Waals surface area contributed by atoms with Gasteiger partial charge in [0.25, 0.3) is 0 Å². The largest absolute Gasteiger partial charge is 0.399 e. The van der Waals surface area contributed by atoms with Gasteiger partial charge in [0.15, 0.2) is 15.0 Å². The van der Waals surface area contributed by atoms with Crippen LogP contribution in [0.25, 0.3) is 10.2 Å². The molecule has 6 nitrogen and oxygen atoms in total. The number of nitrogens with zero attached hydrogens (tertiary/aromatic N) is 1. The summed E-state index contributed by atoms with van der Waals surface area (Å²) in [6, 6.07) is 5.24. The first-order valence-electron chi connectivity index (χ1n) is 6.49. The third-order valence-electron chi connectivity index (χ3n) is 3.18. The number of nitrogens with two attached hydrogens (primary N) is 1. The maximum absolute atomic E-state index is 11.9. The summed E-state index contributed by atoms with van der Waals surface area (Å²) >= 11 is 1.26. The third kappa shape index (κ3) is 3.70. The second-order valence-corrected chi connectivity index (χ2v) is 8.27. The summed E-state index contributed by atoms with van der Waals surface area (Å²) in [5, 5.41) is 2.38. The number of hydrogen-bond acceptors (Lipinski definition) is 6. The van der Waals surface area contributed by atoms with Crippen LogP contribution in [-0.4, -0.2) is 30.3 Å². The van der Waals surface area contributed by atoms with Crippen LogP contribution in [0.5, 0.6) is 0 Å². The van der Waals surface area contributed by atoms with Crippen molar-refractivity contribution < 1.29 is 13.2 Å². The minimum Gasteiger partial charge on any atom is -0.399 e. The fourth-order valence-corrected chi connectivity index (χ4v) is 3.89. The summed E-state index contributed by atoms with van der Waals surface area (Å²) in [6.07, 6.45) is 0.482. The summed E-state index contributed by atoms with van der Waals surface area (Å²) in [7, 11) is -3.42. The minimum absolute atomic E-state index is 0.375. The number of fused-ring (bicyclic) bond motifs is 1. The average Bonchev–Trinajstić information content (AvgIpc) is 2.77. The SMILES string of the molecule is CCC(C)S(=O)(=O)CC(=O)Nc1nc2ccc(N)cc2s1. The summed E-state index contributed by atoms with van der Waals surface area (Å²) in [4.78, 5) is 16.1. The molecule has 1 atom stereocenters. The summed E-state index contributed by atoms with van der Waals surface area (Å²) in [5.41, 5.74) is 7.01. The highest BCUT2D eigenvalue weighted by molar-refractivity contribution is 7.92. The molecule has 3 N–H and O–H groups in total. The summed E-state index contributed by atoms with van der Waals surface area (Å²) in [6.45, 7) is 3.38. The van der Waals surface area contributed by atoms with E-state index in [-0.39, 0.29) is 0 Å². The number of sulfone groups is 1. The number of hydrogen-bond donors (Lipinski definition) is 2. The van der Waals surface area contributed by atoms with Gasteiger partial charge in [-0.15, -0.1) is 0 Å². The van der Waals surface area contributed by atoms with Crippen molar-refractivity contribution in [3.05, 3.63) is 18.2 Å². The fourth-order valence-electron chi connectivity index (χ4n) is 1.73. The number of rotatable bonds is 5. The van der Waals surface area contributed by atoms with E-state index in [0.717, 1.165) is 4.70 Å². The molecule has 0 spiro atoms. The molecule has 1 aromatic heterocycles. The Labute approximate surface area is 127 Å². The van der Waals surface area contributed by atoms with E-state index in [4.69, 9.17) is 5.73 Å². The smallest absolute Gasteiger partial charge is 0.241 e. The molecule has 0 radical (unpaired) electrons. The van der Waals surface area contributed by atoms with Crippen LogP contribution >= 0.6 is 11.3 Å². The van der Waals surface area contributed by atoms with Crippen molar-refractivity contribution in [1.29, 1.82) is 0 Å². The number of benzene rings is 1. The molecule has 0 aliphatic heterocycles. The Morgan fingerprint density at radius 3 is 2.86 bits per heavy atom. The molecule has 1 amide bonds. The molecule has 8 heteroatoms. The van der Waals surface area contributed by atoms with E-state index in [1.165, 1.54) is 11.3 Å². The van der Waals surface area contributed by atoms with Crippen LogP contribution in [0.1, 0.15) is 20.3 Å². The quantitative estimate of drug-likeness (QED) is 0.818. The van der Waals surface area contributed by atoms with Gasteiger partial charge in [0.05, 0.1) is 15.5 Å². The predicted octanol–water partition coefficient (Wildman–Crippen LogP) is 2.03. The Morgan fingerprint density at radius 1 is 1.48 bits per heavy atom. The molecule has 0 bridgehead atoms. The van der Waals surface area contributed by atoms with Gasteiger partial charge < -0.3 is 11.1 Å². The number of thiazole rings is 1. The first-order valence-corrected chi connectivity index (χ1v) is 9.02. The van der Waals surface area contributed by atoms with Crippen LogP contribution in [-0.2, 0) is 14.6 Å². The molecule has 2 aromatic rings. The maximum atomic E-state index is 11.9. The second kappa shape index (κ2) is 5.98. The maximum Gasteiger partial charge on any atom is 0.241 e. The van der Waals surface area contributed by atoms with Gasteiger partial charge in [-0.1, -0.05) is 18.3 Å². The monoisotopic (exact) mass is 327 g/mol. The lowest BCUT2D eigenvalue weighted by atomic mass is 10.3. The van der Waals surface area contributed by atoms with Gasteiger partial charge in [0.1, 0.15) is 5.75 Å². The van der Waals surface area contributed by atoms with Crippen molar-refractivity contribution in [3.63, 3.8) is 0 Å². The van der Waals surface area contributed by atoms with Gasteiger partial charge >= 0.3 is 0 Å². The van der Waals surface area contributed by atoms with Crippen molar-refractivity contribution in [1.82, 2.24) is 4.98 Å². The molecular weight excluding hydrogens is 310 g/mol. The zero-order valence-corrected chi connectivity index (χ0v) is 13.4. The first-order chi connectivity index (χ1) is 9.81. The van der Waals surface area contributed by atoms with E-state index in [9.17, 15) is 13.2 Å². The Morgan fingerprint density at radius 2 is 2.19 bits per heavy atom. The topological polar surface area (TPSA) is 102 Å². The highest BCUT2D eigenvalue weighted by Crippen LogP contribution is 2.27. The molecule has 0 aliphatic carbocycles. The molecule has 2 rings (SSSR count). The van der Waals surface area contributed by atoms with Crippen LogP contribution < -0.4 is 11.1 Å². The number of anilines is 2. The molecular formula is C13H17N3O3S2. The van der Waals surface area contributed by atoms with E-state index < -0.39 is 26.7 Å². The van der Waals surface area contributed by atoms with E-state index in [2.05, 4.69) is 10.3 Å². The van der Waals surface area contributed by atoms with Crippen LogP contribution in [0.2, 0.25) is 0 Å². The van der Waals surface area contributed by atoms with Crippen molar-refractivity contribution in [3.8, 4) is 0 Å². The van der Waals surface area contributed by atoms with Crippen LogP contribution in [0.4, 0.5) is 10.8 Å². The Balaban J connectivity index is 2.11. The van der Waals surface area contributed by atoms with Gasteiger partial charge in [-0.2, -0.15) is 0 Å². The standard InChI is InChI=1S/C13H17N3O3S2/c1-3-8(2)21(18,19)7-12(17)16-13-15-10-5-4-9(14)6-11(10)20-13/h4-6,8H,3,7,14H2,1-2H3,(H,15,16,17). The summed E-state index contributed by atoms with van der Waals surface area (Å²) < 4.78 is 24.6. The van der Waals surface area contributed by atoms with Crippen LogP contribution in [0.15, 0.2) is 18.2 Å². The zero-order chi connectivity index (χ0) is 15.6. The normalized spacial score (nSPS) is 13.2. The van der Waals surface area contributed by atoms with Crippen molar-refractivity contribution >= 4 is 48.1 Å². The van der Waals surface area contributed by atoms with E-state index >= 15 is 0 Å². The zero-order valence-electron chi connectivity index (χ0n) is 11.8. The molecule has 21 heavy (non-hydrogen) atoms.